The van der Waals surface area contributed by atoms with E-state index < -0.39 is 39.2 Å². The number of benzene rings is 4. The number of carbonyl (C=O) groups is 2. The fourth-order valence-electron chi connectivity index (χ4n) is 9.40. The number of hydrogen-bond acceptors (Lipinski definition) is 8. The van der Waals surface area contributed by atoms with Crippen molar-refractivity contribution in [2.45, 2.75) is 141 Å². The van der Waals surface area contributed by atoms with Crippen molar-refractivity contribution in [3.8, 4) is 23.0 Å². The lowest BCUT2D eigenvalue weighted by molar-refractivity contribution is -0.136. The van der Waals surface area contributed by atoms with Crippen molar-refractivity contribution in [2.24, 2.45) is 0 Å². The van der Waals surface area contributed by atoms with Crippen molar-refractivity contribution in [1.82, 2.24) is 0 Å². The topological polar surface area (TPSA) is 89.5 Å². The van der Waals surface area contributed by atoms with Crippen molar-refractivity contribution < 1.29 is 36.8 Å². The first-order valence-electron chi connectivity index (χ1n) is 22.2. The van der Waals surface area contributed by atoms with Crippen LogP contribution in [-0.4, -0.2) is 58.9 Å². The summed E-state index contributed by atoms with van der Waals surface area (Å²) < 4.78 is 36.9. The second kappa shape index (κ2) is 19.5. The highest BCUT2D eigenvalue weighted by Crippen LogP contribution is 2.46. The third kappa shape index (κ3) is 13.4. The lowest BCUT2D eigenvalue weighted by Crippen LogP contribution is -2.44. The third-order valence-electron chi connectivity index (χ3n) is 11.5. The Morgan fingerprint density at radius 2 is 1.05 bits per heavy atom. The van der Waals surface area contributed by atoms with Gasteiger partial charge < -0.3 is 27.2 Å². The van der Waals surface area contributed by atoms with Crippen LogP contribution < -0.4 is 18.9 Å². The molecule has 8 nitrogen and oxygen atoms in total. The van der Waals surface area contributed by atoms with Crippen LogP contribution in [0, 0.1) is 0 Å². The first kappa shape index (κ1) is 49.2. The maximum absolute atomic E-state index is 13.6. The fourth-order valence-corrected chi connectivity index (χ4v) is 25.6. The predicted octanol–water partition coefficient (Wildman–Crippen LogP) is 12.5. The van der Waals surface area contributed by atoms with Crippen molar-refractivity contribution in [1.29, 1.82) is 0 Å². The van der Waals surface area contributed by atoms with Crippen LogP contribution in [0.15, 0.2) is 84.9 Å². The minimum absolute atomic E-state index is 0.145. The molecule has 1 fully saturated rings. The molecule has 0 saturated heterocycles. The van der Waals surface area contributed by atoms with E-state index in [1.54, 1.807) is 7.11 Å². The molecule has 0 amide bonds. The van der Waals surface area contributed by atoms with E-state index in [0.717, 1.165) is 48.6 Å². The summed E-state index contributed by atoms with van der Waals surface area (Å²) in [5.74, 6) is 1.79. The minimum atomic E-state index is -2.23. The SMILES string of the molecule is COc1ccc(C(C)(C)c2ccc(OC(=O)COc3ccc(C4(c5ccc(OC(C)=O)cc5)CCCCC4)cc3)c(C[Si](C)(C)O[Si](C)(C)C)c2)cc1C[Si](C)(C)O[Si](C)(C)C. The van der Waals surface area contributed by atoms with Gasteiger partial charge in [-0.05, 0) is 160 Å². The lowest BCUT2D eigenvalue weighted by Gasteiger charge is -2.38. The Hall–Kier alpha value is -3.79. The second-order valence-electron chi connectivity index (χ2n) is 20.8. The molecule has 0 atom stereocenters. The highest BCUT2D eigenvalue weighted by Gasteiger charge is 2.37. The Balaban J connectivity index is 1.37. The molecule has 12 heteroatoms. The summed E-state index contributed by atoms with van der Waals surface area (Å²) in [7, 11) is -6.08. The van der Waals surface area contributed by atoms with Crippen LogP contribution in [-0.2, 0) is 40.7 Å². The van der Waals surface area contributed by atoms with Gasteiger partial charge in [-0.15, -0.1) is 0 Å². The summed E-state index contributed by atoms with van der Waals surface area (Å²) in [5, 5.41) is 0. The number of esters is 2. The van der Waals surface area contributed by atoms with Crippen LogP contribution in [0.1, 0.15) is 86.3 Å². The van der Waals surface area contributed by atoms with Crippen LogP contribution >= 0.6 is 0 Å². The van der Waals surface area contributed by atoms with E-state index in [2.05, 4.69) is 134 Å². The molecule has 1 saturated carbocycles. The molecule has 0 heterocycles. The molecule has 4 aromatic rings. The molecule has 0 aromatic heterocycles. The first-order valence-corrected chi connectivity index (χ1v) is 35.3. The summed E-state index contributed by atoms with van der Waals surface area (Å²) in [5.41, 5.74) is 6.35. The number of methoxy groups -OCH3 is 1. The zero-order chi connectivity index (χ0) is 45.7. The number of carbonyl (C=O) groups excluding carboxylic acids is 2. The maximum Gasteiger partial charge on any atom is 0.349 e. The average Bonchev–Trinajstić information content (AvgIpc) is 3.16. The average molecular weight is 913 g/mol. The van der Waals surface area contributed by atoms with Crippen molar-refractivity contribution in [3.63, 3.8) is 0 Å². The summed E-state index contributed by atoms with van der Waals surface area (Å²) in [6.45, 7) is 28.2. The van der Waals surface area contributed by atoms with Crippen LogP contribution in [0.3, 0.4) is 0 Å². The van der Waals surface area contributed by atoms with Crippen LogP contribution in [0.4, 0.5) is 0 Å². The van der Waals surface area contributed by atoms with E-state index in [1.807, 2.05) is 30.3 Å². The van der Waals surface area contributed by atoms with Crippen molar-refractivity contribution in [3.05, 3.63) is 118 Å². The Labute approximate surface area is 376 Å². The molecule has 0 unspecified atom stereocenters. The quantitative estimate of drug-likeness (QED) is 0.0554. The molecule has 5 rings (SSSR count). The molecule has 0 N–H and O–H groups in total. The smallest absolute Gasteiger partial charge is 0.349 e. The van der Waals surface area contributed by atoms with Gasteiger partial charge in [0.1, 0.15) is 23.0 Å². The Morgan fingerprint density at radius 1 is 0.597 bits per heavy atom. The van der Waals surface area contributed by atoms with E-state index in [1.165, 1.54) is 35.6 Å². The third-order valence-corrected chi connectivity index (χ3v) is 23.3. The predicted molar refractivity (Wildman–Crippen MR) is 262 cm³/mol. The molecule has 1 aliphatic carbocycles. The van der Waals surface area contributed by atoms with Gasteiger partial charge >= 0.3 is 11.9 Å². The molecular weight excluding hydrogens is 841 g/mol. The zero-order valence-electron chi connectivity index (χ0n) is 40.0. The Bertz CT molecular complexity index is 2160. The second-order valence-corrected chi connectivity index (χ2v) is 38.7. The van der Waals surface area contributed by atoms with Gasteiger partial charge in [-0.3, -0.25) is 4.79 Å². The van der Waals surface area contributed by atoms with E-state index in [9.17, 15) is 9.59 Å². The summed E-state index contributed by atoms with van der Waals surface area (Å²) in [4.78, 5) is 25.1. The van der Waals surface area contributed by atoms with Gasteiger partial charge in [0.15, 0.2) is 39.9 Å². The van der Waals surface area contributed by atoms with Gasteiger partial charge in [-0.25, -0.2) is 4.79 Å². The molecular formula is C50H72O8Si4. The normalized spacial score (nSPS) is 14.9. The van der Waals surface area contributed by atoms with E-state index in [0.29, 0.717) is 23.3 Å². The van der Waals surface area contributed by atoms with E-state index >= 15 is 0 Å². The monoisotopic (exact) mass is 912 g/mol. The Kier molecular flexibility index (Phi) is 15.5. The molecule has 62 heavy (non-hydrogen) atoms. The molecule has 0 radical (unpaired) electrons. The van der Waals surface area contributed by atoms with Crippen LogP contribution in [0.2, 0.25) is 65.5 Å². The molecule has 0 bridgehead atoms. The van der Waals surface area contributed by atoms with Gasteiger partial charge in [-0.1, -0.05) is 81.6 Å². The number of hydrogen-bond donors (Lipinski definition) is 0. The van der Waals surface area contributed by atoms with E-state index in [-0.39, 0.29) is 23.4 Å². The zero-order valence-corrected chi connectivity index (χ0v) is 44.0. The van der Waals surface area contributed by atoms with Gasteiger partial charge in [0.2, 0.25) is 0 Å². The minimum Gasteiger partial charge on any atom is -0.496 e. The molecule has 1 aliphatic rings. The van der Waals surface area contributed by atoms with E-state index in [4.69, 9.17) is 27.2 Å². The summed E-state index contributed by atoms with van der Waals surface area (Å²) in [6.07, 6.45) is 5.54. The largest absolute Gasteiger partial charge is 0.496 e. The fraction of sp³-hybridized carbons (Fsp3) is 0.480. The van der Waals surface area contributed by atoms with Gasteiger partial charge in [-0.2, -0.15) is 0 Å². The summed E-state index contributed by atoms with van der Waals surface area (Å²) in [6, 6.07) is 30.4. The number of rotatable bonds is 18. The van der Waals surface area contributed by atoms with Gasteiger partial charge in [0, 0.05) is 17.8 Å². The molecule has 336 valence electrons. The highest BCUT2D eigenvalue weighted by molar-refractivity contribution is 6.84. The van der Waals surface area contributed by atoms with Crippen LogP contribution in [0.5, 0.6) is 23.0 Å². The van der Waals surface area contributed by atoms with Crippen molar-refractivity contribution in [2.75, 3.05) is 13.7 Å². The summed E-state index contributed by atoms with van der Waals surface area (Å²) >= 11 is 0. The Morgan fingerprint density at radius 3 is 1.50 bits per heavy atom. The standard InChI is InChI=1S/C50H72O8Si4/c1-37(51)55-45-26-20-41(21-27-45)50(30-16-15-17-31-50)40-18-24-44(25-19-40)54-34-48(52)56-47-29-23-43(33-39(47)36-62(13,14)58-60(8,9)10)49(2,3)42-22-28-46(53-4)38(32-42)35-61(11,12)57-59(5,6)7/h18-29,32-33H,15-17,30-31,34-36H2,1-14H3. The lowest BCUT2D eigenvalue weighted by atomic mass is 9.65. The molecule has 0 spiro atoms. The number of ether oxygens (including phenoxy) is 4. The first-order chi connectivity index (χ1) is 28.8. The molecule has 4 aromatic carbocycles. The van der Waals surface area contributed by atoms with Crippen LogP contribution in [0.25, 0.3) is 0 Å². The maximum atomic E-state index is 13.6. The van der Waals surface area contributed by atoms with Gasteiger partial charge in [0.25, 0.3) is 0 Å². The highest BCUT2D eigenvalue weighted by atomic mass is 28.4. The molecule has 0 aliphatic heterocycles. The van der Waals surface area contributed by atoms with Gasteiger partial charge in [0.05, 0.1) is 7.11 Å². The van der Waals surface area contributed by atoms with Crippen molar-refractivity contribution >= 4 is 45.2 Å².